The van der Waals surface area contributed by atoms with Gasteiger partial charge in [0, 0.05) is 25.0 Å². The van der Waals surface area contributed by atoms with E-state index in [-0.39, 0.29) is 11.7 Å². The van der Waals surface area contributed by atoms with Gasteiger partial charge in [-0.05, 0) is 12.1 Å². The van der Waals surface area contributed by atoms with Gasteiger partial charge >= 0.3 is 0 Å². The Morgan fingerprint density at radius 1 is 1.32 bits per heavy atom. The number of ketones is 1. The van der Waals surface area contributed by atoms with Crippen molar-refractivity contribution in [3.8, 4) is 0 Å². The molecule has 1 aliphatic carbocycles. The zero-order valence-corrected chi connectivity index (χ0v) is 9.98. The summed E-state index contributed by atoms with van der Waals surface area (Å²) in [7, 11) is 0. The molecule has 6 nitrogen and oxygen atoms in total. The second kappa shape index (κ2) is 3.74. The van der Waals surface area contributed by atoms with E-state index < -0.39 is 0 Å². The number of nitrogens with zero attached hydrogens (tertiary/aromatic N) is 4. The van der Waals surface area contributed by atoms with Gasteiger partial charge in [-0.25, -0.2) is 9.50 Å². The van der Waals surface area contributed by atoms with E-state index in [1.54, 1.807) is 17.0 Å². The Bertz CT molecular complexity index is 760. The van der Waals surface area contributed by atoms with Crippen molar-refractivity contribution in [1.82, 2.24) is 19.6 Å². The highest BCUT2D eigenvalue weighted by molar-refractivity contribution is 5.98. The van der Waals surface area contributed by atoms with Crippen LogP contribution in [0.15, 0.2) is 35.3 Å². The molecule has 0 saturated carbocycles. The van der Waals surface area contributed by atoms with E-state index in [1.165, 1.54) is 6.33 Å². The number of fused-ring (bicyclic) bond motifs is 3. The minimum atomic E-state index is 0.0600. The molecule has 0 amide bonds. The lowest BCUT2D eigenvalue weighted by molar-refractivity contribution is 0.0958. The summed E-state index contributed by atoms with van der Waals surface area (Å²) in [6.07, 6.45) is 5.83. The van der Waals surface area contributed by atoms with Crippen molar-refractivity contribution in [2.45, 2.75) is 18.8 Å². The number of aromatic nitrogens is 4. The first kappa shape index (κ1) is 10.4. The van der Waals surface area contributed by atoms with Gasteiger partial charge in [-0.1, -0.05) is 0 Å². The molecule has 19 heavy (non-hydrogen) atoms. The first-order valence-electron chi connectivity index (χ1n) is 6.07. The molecule has 6 heteroatoms. The monoisotopic (exact) mass is 254 g/mol. The first-order chi connectivity index (χ1) is 9.33. The smallest absolute Gasteiger partial charge is 0.252 e. The molecule has 4 rings (SSSR count). The maximum atomic E-state index is 12.2. The van der Waals surface area contributed by atoms with Gasteiger partial charge in [0.25, 0.3) is 5.78 Å². The third-order valence-electron chi connectivity index (χ3n) is 3.52. The quantitative estimate of drug-likeness (QED) is 0.660. The van der Waals surface area contributed by atoms with E-state index >= 15 is 0 Å². The summed E-state index contributed by atoms with van der Waals surface area (Å²) in [6, 6.07) is 3.75. The van der Waals surface area contributed by atoms with Crippen molar-refractivity contribution in [2.75, 3.05) is 0 Å². The van der Waals surface area contributed by atoms with Crippen molar-refractivity contribution >= 4 is 11.6 Å². The molecule has 1 atom stereocenters. The molecule has 3 heterocycles. The molecule has 0 N–H and O–H groups in total. The molecule has 0 fully saturated rings. The third-order valence-corrected chi connectivity index (χ3v) is 3.52. The van der Waals surface area contributed by atoms with Crippen LogP contribution in [0, 0.1) is 0 Å². The van der Waals surface area contributed by atoms with Gasteiger partial charge in [-0.2, -0.15) is 10.1 Å². The number of rotatable bonds is 1. The van der Waals surface area contributed by atoms with Crippen LogP contribution in [-0.2, 0) is 6.42 Å². The SMILES string of the molecule is O=C1C[C@H](c2ccco2)Cc2c1cnc1ncnn21. The predicted octanol–water partition coefficient (Wildman–Crippen LogP) is 1.63. The third kappa shape index (κ3) is 1.49. The minimum absolute atomic E-state index is 0.0600. The van der Waals surface area contributed by atoms with Crippen LogP contribution in [0.3, 0.4) is 0 Å². The Labute approximate surface area is 108 Å². The van der Waals surface area contributed by atoms with Crippen LogP contribution < -0.4 is 0 Å². The van der Waals surface area contributed by atoms with Gasteiger partial charge in [-0.15, -0.1) is 0 Å². The van der Waals surface area contributed by atoms with E-state index in [2.05, 4.69) is 15.1 Å². The average Bonchev–Trinajstić information content (AvgIpc) is 3.09. The van der Waals surface area contributed by atoms with E-state index in [0.29, 0.717) is 24.2 Å². The Hall–Kier alpha value is -2.50. The topological polar surface area (TPSA) is 73.3 Å². The summed E-state index contributed by atoms with van der Waals surface area (Å²) in [5.74, 6) is 1.49. The fraction of sp³-hybridized carbons (Fsp3) is 0.231. The second-order valence-electron chi connectivity index (χ2n) is 4.63. The molecule has 0 spiro atoms. The molecule has 94 valence electrons. The molecule has 0 bridgehead atoms. The van der Waals surface area contributed by atoms with Crippen LogP contribution in [-0.4, -0.2) is 25.4 Å². The zero-order valence-electron chi connectivity index (χ0n) is 9.98. The number of hydrogen-bond donors (Lipinski definition) is 0. The van der Waals surface area contributed by atoms with Crippen molar-refractivity contribution in [1.29, 1.82) is 0 Å². The highest BCUT2D eigenvalue weighted by Crippen LogP contribution is 2.32. The summed E-state index contributed by atoms with van der Waals surface area (Å²) in [4.78, 5) is 20.4. The van der Waals surface area contributed by atoms with Gasteiger partial charge in [0.2, 0.25) is 0 Å². The normalized spacial score (nSPS) is 18.7. The van der Waals surface area contributed by atoms with Gasteiger partial charge in [0.1, 0.15) is 12.1 Å². The highest BCUT2D eigenvalue weighted by Gasteiger charge is 2.30. The maximum Gasteiger partial charge on any atom is 0.252 e. The number of carbonyl (C=O) groups is 1. The summed E-state index contributed by atoms with van der Waals surface area (Å²) >= 11 is 0. The van der Waals surface area contributed by atoms with Gasteiger partial charge in [0.15, 0.2) is 5.78 Å². The molecule has 3 aromatic rings. The Morgan fingerprint density at radius 2 is 2.26 bits per heavy atom. The van der Waals surface area contributed by atoms with Crippen LogP contribution in [0.4, 0.5) is 0 Å². The molecule has 0 radical (unpaired) electrons. The summed E-state index contributed by atoms with van der Waals surface area (Å²) in [5.41, 5.74) is 1.50. The molecule has 0 unspecified atom stereocenters. The van der Waals surface area contributed by atoms with Crippen LogP contribution in [0.5, 0.6) is 0 Å². The van der Waals surface area contributed by atoms with E-state index in [4.69, 9.17) is 4.42 Å². The minimum Gasteiger partial charge on any atom is -0.469 e. The Morgan fingerprint density at radius 3 is 3.11 bits per heavy atom. The van der Waals surface area contributed by atoms with Crippen LogP contribution in [0.2, 0.25) is 0 Å². The molecule has 0 saturated heterocycles. The van der Waals surface area contributed by atoms with E-state index in [9.17, 15) is 4.79 Å². The molecule has 0 aliphatic heterocycles. The van der Waals surface area contributed by atoms with Crippen LogP contribution in [0.1, 0.15) is 34.2 Å². The van der Waals surface area contributed by atoms with Gasteiger partial charge in [0.05, 0.1) is 17.5 Å². The molecule has 0 aromatic carbocycles. The molecule has 1 aliphatic rings. The number of hydrogen-bond acceptors (Lipinski definition) is 5. The molecular weight excluding hydrogens is 244 g/mol. The predicted molar refractivity (Wildman–Crippen MR) is 64.9 cm³/mol. The van der Waals surface area contributed by atoms with Crippen molar-refractivity contribution in [3.05, 3.63) is 47.9 Å². The lowest BCUT2D eigenvalue weighted by atomic mass is 9.85. The Balaban J connectivity index is 1.88. The summed E-state index contributed by atoms with van der Waals surface area (Å²) < 4.78 is 7.06. The van der Waals surface area contributed by atoms with Gasteiger partial charge < -0.3 is 4.42 Å². The number of carbonyl (C=O) groups excluding carboxylic acids is 1. The van der Waals surface area contributed by atoms with Crippen LogP contribution in [0.25, 0.3) is 5.78 Å². The lowest BCUT2D eigenvalue weighted by Gasteiger charge is -2.21. The van der Waals surface area contributed by atoms with Crippen molar-refractivity contribution in [2.24, 2.45) is 0 Å². The zero-order chi connectivity index (χ0) is 12.8. The summed E-state index contributed by atoms with van der Waals surface area (Å²) in [5, 5.41) is 4.14. The standard InChI is InChI=1S/C13H10N4O2/c18-11-5-8(12-2-1-3-19-12)4-10-9(11)6-14-13-15-7-16-17(10)13/h1-3,6-8H,4-5H2/t8-/m1/s1. The largest absolute Gasteiger partial charge is 0.469 e. The summed E-state index contributed by atoms with van der Waals surface area (Å²) in [6.45, 7) is 0. The van der Waals surface area contributed by atoms with Crippen molar-refractivity contribution in [3.63, 3.8) is 0 Å². The Kier molecular flexibility index (Phi) is 2.05. The van der Waals surface area contributed by atoms with Gasteiger partial charge in [-0.3, -0.25) is 4.79 Å². The van der Waals surface area contributed by atoms with E-state index in [0.717, 1.165) is 11.5 Å². The fourth-order valence-electron chi connectivity index (χ4n) is 2.62. The van der Waals surface area contributed by atoms with E-state index in [1.807, 2.05) is 12.1 Å². The molecule has 3 aromatic heterocycles. The molecular formula is C13H10N4O2. The number of Topliss-reactive ketones (excluding diaryl/α,β-unsaturated/α-hetero) is 1. The average molecular weight is 254 g/mol. The van der Waals surface area contributed by atoms with Crippen LogP contribution >= 0.6 is 0 Å². The highest BCUT2D eigenvalue weighted by atomic mass is 16.3. The fourth-order valence-corrected chi connectivity index (χ4v) is 2.62. The lowest BCUT2D eigenvalue weighted by Crippen LogP contribution is -2.22. The number of furan rings is 1. The maximum absolute atomic E-state index is 12.2. The van der Waals surface area contributed by atoms with Crippen molar-refractivity contribution < 1.29 is 9.21 Å². The first-order valence-corrected chi connectivity index (χ1v) is 6.07. The second-order valence-corrected chi connectivity index (χ2v) is 4.63.